The number of hydrogen-bond donors (Lipinski definition) is 4. The van der Waals surface area contributed by atoms with Crippen LogP contribution in [0.25, 0.3) is 0 Å². The molecule has 32 heavy (non-hydrogen) atoms. The molecule has 4 N–H and O–H groups in total. The number of benzene rings is 2. The average molecular weight is 460 g/mol. The number of carbonyl (C=O) groups is 3. The van der Waals surface area contributed by atoms with Crippen LogP contribution in [0.4, 0.5) is 0 Å². The van der Waals surface area contributed by atoms with Crippen LogP contribution in [0.15, 0.2) is 53.4 Å². The third-order valence-corrected chi connectivity index (χ3v) is 7.25. The Hall–Kier alpha value is -3.24. The summed E-state index contributed by atoms with van der Waals surface area (Å²) in [6.07, 6.45) is 0.796. The van der Waals surface area contributed by atoms with Gasteiger partial charge < -0.3 is 21.1 Å². The van der Waals surface area contributed by atoms with Gasteiger partial charge in [-0.3, -0.25) is 14.4 Å². The fourth-order valence-corrected chi connectivity index (χ4v) is 4.85. The average Bonchev–Trinajstić information content (AvgIpc) is 2.79. The van der Waals surface area contributed by atoms with E-state index in [9.17, 15) is 27.9 Å². The summed E-state index contributed by atoms with van der Waals surface area (Å²) in [6.45, 7) is 1.07. The Morgan fingerprint density at radius 2 is 1.78 bits per heavy atom. The van der Waals surface area contributed by atoms with Gasteiger partial charge in [-0.05, 0) is 48.4 Å². The van der Waals surface area contributed by atoms with Crippen LogP contribution in [0.5, 0.6) is 0 Å². The summed E-state index contributed by atoms with van der Waals surface area (Å²) in [7, 11) is -4.16. The van der Waals surface area contributed by atoms with E-state index in [0.717, 1.165) is 18.5 Å². The summed E-state index contributed by atoms with van der Waals surface area (Å²) in [4.78, 5) is 35.8. The molecule has 0 radical (unpaired) electrons. The Kier molecular flexibility index (Phi) is 7.60. The molecule has 1 aliphatic rings. The normalized spacial score (nSPS) is 14.1. The van der Waals surface area contributed by atoms with Gasteiger partial charge >= 0.3 is 5.97 Å². The first-order valence-electron chi connectivity index (χ1n) is 10.2. The van der Waals surface area contributed by atoms with Crippen molar-refractivity contribution in [2.24, 2.45) is 0 Å². The molecular formula is C22H25N3O6S. The van der Waals surface area contributed by atoms with E-state index in [2.05, 4.69) is 16.0 Å². The quantitative estimate of drug-likeness (QED) is 0.428. The van der Waals surface area contributed by atoms with Gasteiger partial charge in [0.05, 0.1) is 4.90 Å². The van der Waals surface area contributed by atoms with E-state index in [1.807, 2.05) is 12.1 Å². The number of sulfone groups is 1. The van der Waals surface area contributed by atoms with E-state index in [-0.39, 0.29) is 23.8 Å². The molecule has 0 saturated heterocycles. The van der Waals surface area contributed by atoms with Gasteiger partial charge in [0.25, 0.3) is 5.91 Å². The van der Waals surface area contributed by atoms with Crippen LogP contribution in [0.1, 0.15) is 27.9 Å². The van der Waals surface area contributed by atoms with E-state index in [4.69, 9.17) is 0 Å². The maximum absolute atomic E-state index is 12.6. The van der Waals surface area contributed by atoms with Crippen LogP contribution in [-0.4, -0.2) is 56.2 Å². The summed E-state index contributed by atoms with van der Waals surface area (Å²) >= 11 is 0. The smallest absolute Gasteiger partial charge is 0.324 e. The lowest BCUT2D eigenvalue weighted by Crippen LogP contribution is -2.42. The third kappa shape index (κ3) is 5.71. The summed E-state index contributed by atoms with van der Waals surface area (Å²) < 4.78 is 25.1. The predicted octanol–water partition coefficient (Wildman–Crippen LogP) is 0.496. The monoisotopic (exact) mass is 459 g/mol. The Labute approximate surface area is 186 Å². The molecule has 0 fully saturated rings. The Balaban J connectivity index is 1.50. The molecule has 0 bridgehead atoms. The SMILES string of the molecule is O=C(CCNC(=O)c1ccc2c(c1)CNCC2)NC[C@H](C(=O)O)S(=O)(=O)c1ccccc1. The minimum absolute atomic E-state index is 0.0309. The van der Waals surface area contributed by atoms with Crippen molar-refractivity contribution in [2.45, 2.75) is 29.5 Å². The molecule has 1 atom stereocenters. The zero-order chi connectivity index (χ0) is 23.1. The highest BCUT2D eigenvalue weighted by Gasteiger charge is 2.34. The van der Waals surface area contributed by atoms with Crippen LogP contribution in [0, 0.1) is 0 Å². The lowest BCUT2D eigenvalue weighted by molar-refractivity contribution is -0.136. The maximum atomic E-state index is 12.6. The highest BCUT2D eigenvalue weighted by Crippen LogP contribution is 2.17. The lowest BCUT2D eigenvalue weighted by atomic mass is 9.98. The molecule has 10 heteroatoms. The fourth-order valence-electron chi connectivity index (χ4n) is 3.41. The fraction of sp³-hybridized carbons (Fsp3) is 0.318. The second-order valence-electron chi connectivity index (χ2n) is 7.41. The van der Waals surface area contributed by atoms with Gasteiger partial charge in [-0.15, -0.1) is 0 Å². The number of carboxylic acids is 1. The highest BCUT2D eigenvalue weighted by molar-refractivity contribution is 7.92. The number of amides is 2. The number of rotatable bonds is 9. The minimum Gasteiger partial charge on any atom is -0.480 e. The molecule has 170 valence electrons. The van der Waals surface area contributed by atoms with Crippen molar-refractivity contribution in [1.29, 1.82) is 0 Å². The first kappa shape index (κ1) is 23.4. The van der Waals surface area contributed by atoms with E-state index in [0.29, 0.717) is 12.1 Å². The van der Waals surface area contributed by atoms with Crippen LogP contribution >= 0.6 is 0 Å². The number of fused-ring (bicyclic) bond motifs is 1. The largest absolute Gasteiger partial charge is 0.480 e. The number of carbonyl (C=O) groups excluding carboxylic acids is 2. The van der Waals surface area contributed by atoms with E-state index in [1.165, 1.54) is 29.8 Å². The topological polar surface area (TPSA) is 142 Å². The molecule has 0 unspecified atom stereocenters. The van der Waals surface area contributed by atoms with Gasteiger partial charge in [-0.25, -0.2) is 8.42 Å². The zero-order valence-corrected chi connectivity index (χ0v) is 18.2. The minimum atomic E-state index is -4.16. The number of nitrogens with one attached hydrogen (secondary N) is 3. The van der Waals surface area contributed by atoms with Crippen molar-refractivity contribution in [3.05, 3.63) is 65.2 Å². The van der Waals surface area contributed by atoms with E-state index in [1.54, 1.807) is 12.1 Å². The number of carboxylic acid groups (broad SMARTS) is 1. The van der Waals surface area contributed by atoms with Crippen LogP contribution in [0.2, 0.25) is 0 Å². The standard InChI is InChI=1S/C22H25N3O6S/c26-20(25-14-19(22(28)29)32(30,31)18-4-2-1-3-5-18)9-11-24-21(27)16-7-6-15-8-10-23-13-17(15)12-16/h1-7,12,19,23H,8-11,13-14H2,(H,24,27)(H,25,26)(H,28,29)/t19-/m1/s1. The van der Waals surface area contributed by atoms with Gasteiger partial charge in [0.1, 0.15) is 0 Å². The molecule has 9 nitrogen and oxygen atoms in total. The van der Waals surface area contributed by atoms with E-state index >= 15 is 0 Å². The molecule has 0 spiro atoms. The molecule has 2 amide bonds. The Morgan fingerprint density at radius 3 is 2.50 bits per heavy atom. The van der Waals surface area contributed by atoms with Crippen LogP contribution < -0.4 is 16.0 Å². The number of hydrogen-bond acceptors (Lipinski definition) is 6. The molecule has 1 aliphatic heterocycles. The van der Waals surface area contributed by atoms with Gasteiger partial charge in [-0.1, -0.05) is 24.3 Å². The van der Waals surface area contributed by atoms with Crippen molar-refractivity contribution in [3.63, 3.8) is 0 Å². The summed E-state index contributed by atoms with van der Waals surface area (Å²) in [6, 6.07) is 12.7. The summed E-state index contributed by atoms with van der Waals surface area (Å²) in [5, 5.41) is 15.8. The second-order valence-corrected chi connectivity index (χ2v) is 9.54. The van der Waals surface area contributed by atoms with Gasteiger partial charge in [0, 0.05) is 31.6 Å². The van der Waals surface area contributed by atoms with Crippen molar-refractivity contribution in [1.82, 2.24) is 16.0 Å². The van der Waals surface area contributed by atoms with Gasteiger partial charge in [0.15, 0.2) is 15.1 Å². The predicted molar refractivity (Wildman–Crippen MR) is 117 cm³/mol. The maximum Gasteiger partial charge on any atom is 0.324 e. The zero-order valence-electron chi connectivity index (χ0n) is 17.3. The Morgan fingerprint density at radius 1 is 1.03 bits per heavy atom. The molecule has 0 saturated carbocycles. The Bertz CT molecular complexity index is 1100. The van der Waals surface area contributed by atoms with Gasteiger partial charge in [-0.2, -0.15) is 0 Å². The van der Waals surface area contributed by atoms with Crippen molar-refractivity contribution in [3.8, 4) is 0 Å². The van der Waals surface area contributed by atoms with Crippen LogP contribution in [0.3, 0.4) is 0 Å². The molecular weight excluding hydrogens is 434 g/mol. The van der Waals surface area contributed by atoms with Crippen molar-refractivity contribution in [2.75, 3.05) is 19.6 Å². The second kappa shape index (κ2) is 10.4. The number of aliphatic carboxylic acids is 1. The highest BCUT2D eigenvalue weighted by atomic mass is 32.2. The first-order chi connectivity index (χ1) is 15.3. The molecule has 0 aromatic heterocycles. The molecule has 1 heterocycles. The van der Waals surface area contributed by atoms with Crippen LogP contribution in [-0.2, 0) is 32.4 Å². The molecule has 2 aromatic carbocycles. The first-order valence-corrected chi connectivity index (χ1v) is 11.7. The molecule has 3 rings (SSSR count). The summed E-state index contributed by atoms with van der Waals surface area (Å²) in [5.74, 6) is -2.43. The van der Waals surface area contributed by atoms with Crippen molar-refractivity contribution < 1.29 is 27.9 Å². The molecule has 2 aromatic rings. The molecule has 0 aliphatic carbocycles. The van der Waals surface area contributed by atoms with Crippen molar-refractivity contribution >= 4 is 27.6 Å². The van der Waals surface area contributed by atoms with Gasteiger partial charge in [0.2, 0.25) is 5.91 Å². The third-order valence-electron chi connectivity index (χ3n) is 5.20. The van der Waals surface area contributed by atoms with E-state index < -0.39 is 33.5 Å². The lowest BCUT2D eigenvalue weighted by Gasteiger charge is -2.17. The summed E-state index contributed by atoms with van der Waals surface area (Å²) in [5.41, 5.74) is 2.77.